The molecule has 0 amide bonds. The molecule has 3 atom stereocenters. The molecule has 4 heteroatoms. The van der Waals surface area contributed by atoms with Crippen LogP contribution in [-0.4, -0.2) is 25.5 Å². The van der Waals surface area contributed by atoms with Crippen LogP contribution in [-0.2, 0) is 9.84 Å². The third kappa shape index (κ3) is 3.45. The van der Waals surface area contributed by atoms with Crippen molar-refractivity contribution in [2.45, 2.75) is 57.2 Å². The van der Waals surface area contributed by atoms with Crippen LogP contribution in [0.3, 0.4) is 0 Å². The SMILES string of the molecule is CCC(C)CS(=O)(=O)C1CCCCC1N. The summed E-state index contributed by atoms with van der Waals surface area (Å²) < 4.78 is 24.2. The molecule has 0 saturated heterocycles. The van der Waals surface area contributed by atoms with Crippen LogP contribution in [0.5, 0.6) is 0 Å². The van der Waals surface area contributed by atoms with Gasteiger partial charge in [0, 0.05) is 6.04 Å². The fourth-order valence-electron chi connectivity index (χ4n) is 2.21. The molecule has 0 spiro atoms. The first kappa shape index (κ1) is 13.0. The Labute approximate surface area is 93.3 Å². The van der Waals surface area contributed by atoms with Crippen LogP contribution < -0.4 is 5.73 Å². The first-order chi connectivity index (χ1) is 6.97. The lowest BCUT2D eigenvalue weighted by Gasteiger charge is -2.29. The topological polar surface area (TPSA) is 60.2 Å². The lowest BCUT2D eigenvalue weighted by atomic mass is 9.96. The summed E-state index contributed by atoms with van der Waals surface area (Å²) in [6.07, 6.45) is 4.64. The van der Waals surface area contributed by atoms with Crippen LogP contribution in [0, 0.1) is 5.92 Å². The zero-order chi connectivity index (χ0) is 11.5. The fourth-order valence-corrected chi connectivity index (χ4v) is 4.68. The van der Waals surface area contributed by atoms with Crippen molar-refractivity contribution in [3.8, 4) is 0 Å². The van der Waals surface area contributed by atoms with Crippen LogP contribution in [0.25, 0.3) is 0 Å². The van der Waals surface area contributed by atoms with E-state index in [4.69, 9.17) is 5.73 Å². The van der Waals surface area contributed by atoms with Crippen molar-refractivity contribution in [2.24, 2.45) is 11.7 Å². The standard InChI is InChI=1S/C11H23NO2S/c1-3-9(2)8-15(13,14)11-7-5-4-6-10(11)12/h9-11H,3-8,12H2,1-2H3. The highest BCUT2D eigenvalue weighted by Crippen LogP contribution is 2.25. The maximum absolute atomic E-state index is 12.1. The summed E-state index contributed by atoms with van der Waals surface area (Å²) in [6.45, 7) is 4.02. The van der Waals surface area contributed by atoms with Gasteiger partial charge in [0.1, 0.15) is 0 Å². The Morgan fingerprint density at radius 3 is 2.47 bits per heavy atom. The van der Waals surface area contributed by atoms with Crippen LogP contribution >= 0.6 is 0 Å². The molecule has 0 heterocycles. The Morgan fingerprint density at radius 2 is 1.93 bits per heavy atom. The molecule has 1 saturated carbocycles. The van der Waals surface area contributed by atoms with Crippen LogP contribution in [0.15, 0.2) is 0 Å². The second-order valence-electron chi connectivity index (χ2n) is 4.83. The summed E-state index contributed by atoms with van der Waals surface area (Å²) in [6, 6.07) is -0.132. The van der Waals surface area contributed by atoms with Gasteiger partial charge in [-0.1, -0.05) is 33.1 Å². The van der Waals surface area contributed by atoms with Crippen molar-refractivity contribution in [1.82, 2.24) is 0 Å². The lowest BCUT2D eigenvalue weighted by Crippen LogP contribution is -2.44. The minimum Gasteiger partial charge on any atom is -0.327 e. The minimum atomic E-state index is -2.97. The number of nitrogens with two attached hydrogens (primary N) is 1. The Balaban J connectivity index is 2.67. The molecule has 0 aliphatic heterocycles. The van der Waals surface area contributed by atoms with Gasteiger partial charge in [-0.3, -0.25) is 0 Å². The van der Waals surface area contributed by atoms with Crippen LogP contribution in [0.1, 0.15) is 46.0 Å². The summed E-state index contributed by atoms with van der Waals surface area (Å²) in [5, 5.41) is -0.278. The van der Waals surface area contributed by atoms with Gasteiger partial charge in [0.2, 0.25) is 0 Å². The third-order valence-corrected chi connectivity index (χ3v) is 5.97. The van der Waals surface area contributed by atoms with Gasteiger partial charge >= 0.3 is 0 Å². The molecule has 3 nitrogen and oxygen atoms in total. The minimum absolute atomic E-state index is 0.132. The average Bonchev–Trinajstić information content (AvgIpc) is 2.17. The highest BCUT2D eigenvalue weighted by molar-refractivity contribution is 7.92. The van der Waals surface area contributed by atoms with Gasteiger partial charge in [-0.2, -0.15) is 0 Å². The van der Waals surface area contributed by atoms with E-state index in [1.807, 2.05) is 13.8 Å². The molecule has 90 valence electrons. The van der Waals surface area contributed by atoms with Crippen molar-refractivity contribution in [2.75, 3.05) is 5.75 Å². The normalized spacial score (nSPS) is 30.1. The predicted molar refractivity (Wildman–Crippen MR) is 63.5 cm³/mol. The first-order valence-electron chi connectivity index (χ1n) is 5.94. The average molecular weight is 233 g/mol. The molecule has 15 heavy (non-hydrogen) atoms. The maximum atomic E-state index is 12.1. The molecule has 1 aliphatic rings. The molecule has 0 radical (unpaired) electrons. The van der Waals surface area contributed by atoms with Crippen molar-refractivity contribution in [3.63, 3.8) is 0 Å². The van der Waals surface area contributed by atoms with Gasteiger partial charge in [-0.25, -0.2) is 8.42 Å². The zero-order valence-electron chi connectivity index (χ0n) is 9.78. The summed E-state index contributed by atoms with van der Waals surface area (Å²) in [4.78, 5) is 0. The molecular formula is C11H23NO2S. The van der Waals surface area contributed by atoms with Crippen molar-refractivity contribution in [1.29, 1.82) is 0 Å². The van der Waals surface area contributed by atoms with Gasteiger partial charge < -0.3 is 5.73 Å². The number of sulfone groups is 1. The highest BCUT2D eigenvalue weighted by atomic mass is 32.2. The van der Waals surface area contributed by atoms with Crippen LogP contribution in [0.4, 0.5) is 0 Å². The summed E-state index contributed by atoms with van der Waals surface area (Å²) in [5.74, 6) is 0.561. The number of hydrogen-bond acceptors (Lipinski definition) is 3. The molecule has 0 bridgehead atoms. The molecule has 0 aromatic carbocycles. The molecule has 0 aromatic rings. The Morgan fingerprint density at radius 1 is 1.33 bits per heavy atom. The second-order valence-corrected chi connectivity index (χ2v) is 7.09. The van der Waals surface area contributed by atoms with E-state index in [2.05, 4.69) is 0 Å². The Bertz CT molecular complexity index is 287. The third-order valence-electron chi connectivity index (χ3n) is 3.43. The zero-order valence-corrected chi connectivity index (χ0v) is 10.6. The lowest BCUT2D eigenvalue weighted by molar-refractivity contribution is 0.428. The van der Waals surface area contributed by atoms with Gasteiger partial charge in [-0.15, -0.1) is 0 Å². The molecule has 1 fully saturated rings. The van der Waals surface area contributed by atoms with E-state index >= 15 is 0 Å². The van der Waals surface area contributed by atoms with Gasteiger partial charge in [0.05, 0.1) is 11.0 Å². The molecular weight excluding hydrogens is 210 g/mol. The molecule has 3 unspecified atom stereocenters. The first-order valence-corrected chi connectivity index (χ1v) is 7.66. The van der Waals surface area contributed by atoms with Crippen LogP contribution in [0.2, 0.25) is 0 Å². The monoisotopic (exact) mass is 233 g/mol. The molecule has 2 N–H and O–H groups in total. The summed E-state index contributed by atoms with van der Waals surface area (Å²) in [5.41, 5.74) is 5.90. The van der Waals surface area contributed by atoms with Crippen molar-refractivity contribution in [3.05, 3.63) is 0 Å². The fraction of sp³-hybridized carbons (Fsp3) is 1.00. The predicted octanol–water partition coefficient (Wildman–Crippen LogP) is 1.72. The van der Waals surface area contributed by atoms with E-state index in [9.17, 15) is 8.42 Å². The Hall–Kier alpha value is -0.0900. The maximum Gasteiger partial charge on any atom is 0.154 e. The number of rotatable bonds is 4. The van der Waals surface area contributed by atoms with Gasteiger partial charge in [0.25, 0.3) is 0 Å². The van der Waals surface area contributed by atoms with E-state index < -0.39 is 9.84 Å². The van der Waals surface area contributed by atoms with Gasteiger partial charge in [-0.05, 0) is 18.8 Å². The second kappa shape index (κ2) is 5.30. The summed E-state index contributed by atoms with van der Waals surface area (Å²) in [7, 11) is -2.97. The van der Waals surface area contributed by atoms with E-state index in [0.29, 0.717) is 5.75 Å². The van der Waals surface area contributed by atoms with Crippen molar-refractivity contribution < 1.29 is 8.42 Å². The Kier molecular flexibility index (Phi) is 4.59. The van der Waals surface area contributed by atoms with E-state index in [1.165, 1.54) is 0 Å². The van der Waals surface area contributed by atoms with E-state index in [-0.39, 0.29) is 17.2 Å². The largest absolute Gasteiger partial charge is 0.327 e. The number of hydrogen-bond donors (Lipinski definition) is 1. The molecule has 1 rings (SSSR count). The smallest absolute Gasteiger partial charge is 0.154 e. The van der Waals surface area contributed by atoms with Gasteiger partial charge in [0.15, 0.2) is 9.84 Å². The molecule has 0 aromatic heterocycles. The highest BCUT2D eigenvalue weighted by Gasteiger charge is 2.33. The quantitative estimate of drug-likeness (QED) is 0.804. The summed E-state index contributed by atoms with van der Waals surface area (Å²) >= 11 is 0. The van der Waals surface area contributed by atoms with E-state index in [1.54, 1.807) is 0 Å². The molecule has 1 aliphatic carbocycles. The van der Waals surface area contributed by atoms with E-state index in [0.717, 1.165) is 32.1 Å². The van der Waals surface area contributed by atoms with Crippen molar-refractivity contribution >= 4 is 9.84 Å².